The molecule has 1 aliphatic carbocycles. The van der Waals surface area contributed by atoms with Crippen molar-refractivity contribution in [1.82, 2.24) is 0 Å². The van der Waals surface area contributed by atoms with Gasteiger partial charge in [0.05, 0.1) is 0 Å². The van der Waals surface area contributed by atoms with Crippen molar-refractivity contribution in [3.8, 4) is 11.1 Å². The van der Waals surface area contributed by atoms with Crippen molar-refractivity contribution < 1.29 is 8.78 Å². The smallest absolute Gasteiger partial charge is 0.131 e. The van der Waals surface area contributed by atoms with Crippen molar-refractivity contribution in [1.29, 1.82) is 0 Å². The van der Waals surface area contributed by atoms with Gasteiger partial charge in [-0.05, 0) is 54.5 Å². The monoisotopic (exact) mass is 314 g/mol. The third-order valence-corrected chi connectivity index (χ3v) is 5.08. The van der Waals surface area contributed by atoms with E-state index in [0.29, 0.717) is 16.7 Å². The fraction of sp³-hybridized carbons (Fsp3) is 0.429. The maximum absolute atomic E-state index is 14.4. The summed E-state index contributed by atoms with van der Waals surface area (Å²) in [5.74, 6) is 0.260. The topological polar surface area (TPSA) is 0 Å². The summed E-state index contributed by atoms with van der Waals surface area (Å²) in [5, 5.41) is 0. The van der Waals surface area contributed by atoms with Gasteiger partial charge >= 0.3 is 0 Å². The molecule has 1 fully saturated rings. The Morgan fingerprint density at radius 3 is 2.39 bits per heavy atom. The van der Waals surface area contributed by atoms with Crippen LogP contribution in [0.15, 0.2) is 36.4 Å². The van der Waals surface area contributed by atoms with Crippen molar-refractivity contribution in [3.05, 3.63) is 59.2 Å². The Bertz CT molecular complexity index is 670. The minimum atomic E-state index is -0.289. The molecule has 122 valence electrons. The van der Waals surface area contributed by atoms with Gasteiger partial charge in [0.1, 0.15) is 11.6 Å². The van der Waals surface area contributed by atoms with Crippen LogP contribution >= 0.6 is 0 Å². The summed E-state index contributed by atoms with van der Waals surface area (Å²) in [4.78, 5) is 0. The summed E-state index contributed by atoms with van der Waals surface area (Å²) in [5.41, 5.74) is 2.71. The van der Waals surface area contributed by atoms with E-state index in [2.05, 4.69) is 0 Å². The lowest BCUT2D eigenvalue weighted by atomic mass is 9.85. The first-order chi connectivity index (χ1) is 11.1. The zero-order valence-corrected chi connectivity index (χ0v) is 13.7. The predicted molar refractivity (Wildman–Crippen MR) is 91.4 cm³/mol. The molecular weight excluding hydrogens is 290 g/mol. The van der Waals surface area contributed by atoms with Crippen LogP contribution in [0.3, 0.4) is 0 Å². The standard InChI is InChI=1S/C21H24F2/c1-15-7-11-18(14-20(15)22)19-12-10-17(13-21(19)23)9-8-16-5-3-2-4-6-16/h7,10-14,16H,2-6,8-9H2,1H3. The molecule has 0 heterocycles. The lowest BCUT2D eigenvalue weighted by Gasteiger charge is -2.21. The van der Waals surface area contributed by atoms with Crippen LogP contribution in [0.25, 0.3) is 11.1 Å². The highest BCUT2D eigenvalue weighted by atomic mass is 19.1. The molecule has 0 aromatic heterocycles. The van der Waals surface area contributed by atoms with E-state index < -0.39 is 0 Å². The van der Waals surface area contributed by atoms with Crippen molar-refractivity contribution in [2.24, 2.45) is 5.92 Å². The Kier molecular flexibility index (Phi) is 5.09. The molecule has 2 aromatic rings. The first kappa shape index (κ1) is 16.2. The van der Waals surface area contributed by atoms with E-state index in [-0.39, 0.29) is 11.6 Å². The molecule has 1 aliphatic rings. The average molecular weight is 314 g/mol. The molecule has 23 heavy (non-hydrogen) atoms. The van der Waals surface area contributed by atoms with E-state index in [1.54, 1.807) is 31.2 Å². The van der Waals surface area contributed by atoms with Gasteiger partial charge in [0.15, 0.2) is 0 Å². The largest absolute Gasteiger partial charge is 0.207 e. The van der Waals surface area contributed by atoms with E-state index in [0.717, 1.165) is 24.3 Å². The second kappa shape index (κ2) is 7.25. The SMILES string of the molecule is Cc1ccc(-c2ccc(CCC3CCCCC3)cc2F)cc1F. The number of aryl methyl sites for hydroxylation is 2. The minimum absolute atomic E-state index is 0.255. The highest BCUT2D eigenvalue weighted by molar-refractivity contribution is 5.65. The fourth-order valence-corrected chi connectivity index (χ4v) is 3.56. The van der Waals surface area contributed by atoms with Crippen LogP contribution in [-0.4, -0.2) is 0 Å². The molecule has 0 atom stereocenters. The molecule has 0 N–H and O–H groups in total. The molecule has 0 unspecified atom stereocenters. The first-order valence-electron chi connectivity index (χ1n) is 8.68. The van der Waals surface area contributed by atoms with Gasteiger partial charge in [-0.25, -0.2) is 8.78 Å². The van der Waals surface area contributed by atoms with E-state index in [4.69, 9.17) is 0 Å². The zero-order chi connectivity index (χ0) is 16.2. The Morgan fingerprint density at radius 2 is 1.70 bits per heavy atom. The molecule has 0 spiro atoms. The second-order valence-electron chi connectivity index (χ2n) is 6.82. The van der Waals surface area contributed by atoms with Gasteiger partial charge in [0.25, 0.3) is 0 Å². The molecule has 2 aromatic carbocycles. The third kappa shape index (κ3) is 3.99. The molecule has 1 saturated carbocycles. The number of hydrogen-bond donors (Lipinski definition) is 0. The minimum Gasteiger partial charge on any atom is -0.207 e. The first-order valence-corrected chi connectivity index (χ1v) is 8.68. The van der Waals surface area contributed by atoms with Gasteiger partial charge in [-0.3, -0.25) is 0 Å². The van der Waals surface area contributed by atoms with Crippen LogP contribution in [0.5, 0.6) is 0 Å². The summed E-state index contributed by atoms with van der Waals surface area (Å²) in [6, 6.07) is 10.3. The molecule has 0 amide bonds. The molecule has 0 nitrogen and oxygen atoms in total. The van der Waals surface area contributed by atoms with Gasteiger partial charge in [-0.1, -0.05) is 56.4 Å². The molecule has 0 bridgehead atoms. The highest BCUT2D eigenvalue weighted by Crippen LogP contribution is 2.29. The maximum Gasteiger partial charge on any atom is 0.131 e. The van der Waals surface area contributed by atoms with Crippen molar-refractivity contribution in [2.45, 2.75) is 51.9 Å². The second-order valence-corrected chi connectivity index (χ2v) is 6.82. The Morgan fingerprint density at radius 1 is 0.913 bits per heavy atom. The van der Waals surface area contributed by atoms with Crippen LogP contribution in [0.4, 0.5) is 8.78 Å². The van der Waals surface area contributed by atoms with Gasteiger partial charge in [0.2, 0.25) is 0 Å². The van der Waals surface area contributed by atoms with Crippen LogP contribution in [0.1, 0.15) is 49.7 Å². The van der Waals surface area contributed by atoms with Gasteiger partial charge in [-0.15, -0.1) is 0 Å². The Labute approximate surface area is 137 Å². The zero-order valence-electron chi connectivity index (χ0n) is 13.7. The summed E-state index contributed by atoms with van der Waals surface area (Å²) in [6.07, 6.45) is 8.79. The molecule has 2 heteroatoms. The highest BCUT2D eigenvalue weighted by Gasteiger charge is 2.14. The summed E-state index contributed by atoms with van der Waals surface area (Å²) >= 11 is 0. The molecule has 0 saturated heterocycles. The van der Waals surface area contributed by atoms with Crippen molar-refractivity contribution >= 4 is 0 Å². The van der Waals surface area contributed by atoms with Gasteiger partial charge in [0, 0.05) is 5.56 Å². The number of halogens is 2. The molecule has 0 aliphatic heterocycles. The van der Waals surface area contributed by atoms with Gasteiger partial charge in [-0.2, -0.15) is 0 Å². The van der Waals surface area contributed by atoms with Crippen LogP contribution in [0, 0.1) is 24.5 Å². The average Bonchev–Trinajstić information content (AvgIpc) is 2.57. The number of rotatable bonds is 4. The van der Waals surface area contributed by atoms with Crippen LogP contribution < -0.4 is 0 Å². The Hall–Kier alpha value is -1.70. The summed E-state index contributed by atoms with van der Waals surface area (Å²) < 4.78 is 28.1. The van der Waals surface area contributed by atoms with E-state index in [9.17, 15) is 8.78 Å². The Balaban J connectivity index is 1.71. The summed E-state index contributed by atoms with van der Waals surface area (Å²) in [7, 11) is 0. The normalized spacial score (nSPS) is 15.8. The van der Waals surface area contributed by atoms with Crippen molar-refractivity contribution in [2.75, 3.05) is 0 Å². The fourth-order valence-electron chi connectivity index (χ4n) is 3.56. The van der Waals surface area contributed by atoms with Crippen molar-refractivity contribution in [3.63, 3.8) is 0 Å². The lowest BCUT2D eigenvalue weighted by molar-refractivity contribution is 0.339. The summed E-state index contributed by atoms with van der Waals surface area (Å²) in [6.45, 7) is 1.71. The molecular formula is C21H24F2. The lowest BCUT2D eigenvalue weighted by Crippen LogP contribution is -2.07. The number of hydrogen-bond acceptors (Lipinski definition) is 0. The quantitative estimate of drug-likeness (QED) is 0.608. The van der Waals surface area contributed by atoms with E-state index >= 15 is 0 Å². The molecule has 0 radical (unpaired) electrons. The number of benzene rings is 2. The van der Waals surface area contributed by atoms with E-state index in [1.165, 1.54) is 38.2 Å². The van der Waals surface area contributed by atoms with E-state index in [1.807, 2.05) is 6.07 Å². The van der Waals surface area contributed by atoms with Gasteiger partial charge < -0.3 is 0 Å². The third-order valence-electron chi connectivity index (χ3n) is 5.08. The van der Waals surface area contributed by atoms with Crippen LogP contribution in [0.2, 0.25) is 0 Å². The molecule has 3 rings (SSSR count). The van der Waals surface area contributed by atoms with Crippen LogP contribution in [-0.2, 0) is 6.42 Å². The maximum atomic E-state index is 14.4. The predicted octanol–water partition coefficient (Wildman–Crippen LogP) is 6.45.